The van der Waals surface area contributed by atoms with Crippen LogP contribution in [0.1, 0.15) is 5.56 Å². The Morgan fingerprint density at radius 1 is 1.33 bits per heavy atom. The van der Waals surface area contributed by atoms with Crippen molar-refractivity contribution in [2.45, 2.75) is 6.42 Å². The zero-order chi connectivity index (χ0) is 10.8. The van der Waals surface area contributed by atoms with Gasteiger partial charge in [-0.25, -0.2) is 0 Å². The van der Waals surface area contributed by atoms with Gasteiger partial charge >= 0.3 is 0 Å². The van der Waals surface area contributed by atoms with Crippen molar-refractivity contribution in [3.63, 3.8) is 0 Å². The summed E-state index contributed by atoms with van der Waals surface area (Å²) in [6, 6.07) is 6.56. The number of H-pyrrole nitrogens is 1. The van der Waals surface area contributed by atoms with Gasteiger partial charge in [0.2, 0.25) is 0 Å². The minimum Gasteiger partial charge on any atom is -0.361 e. The smallest absolute Gasteiger partial charge is 0.0467 e. The predicted molar refractivity (Wildman–Crippen MR) is 73.3 cm³/mol. The van der Waals surface area contributed by atoms with Crippen LogP contribution < -0.4 is 0 Å². The number of hydrogen-bond donors (Lipinski definition) is 1. The molecular formula is C12H15IN2. The Labute approximate surface area is 104 Å². The van der Waals surface area contributed by atoms with Gasteiger partial charge in [0.15, 0.2) is 0 Å². The maximum Gasteiger partial charge on any atom is 0.0467 e. The van der Waals surface area contributed by atoms with Crippen molar-refractivity contribution in [2.24, 2.45) is 0 Å². The summed E-state index contributed by atoms with van der Waals surface area (Å²) in [5, 5.41) is 1.36. The highest BCUT2D eigenvalue weighted by Gasteiger charge is 2.03. The average Bonchev–Trinajstić information content (AvgIpc) is 2.57. The fourth-order valence-electron chi connectivity index (χ4n) is 1.71. The van der Waals surface area contributed by atoms with Crippen molar-refractivity contribution >= 4 is 33.5 Å². The molecule has 2 rings (SSSR count). The minimum absolute atomic E-state index is 1.10. The molecule has 0 aliphatic heterocycles. The molecule has 0 radical (unpaired) electrons. The molecule has 3 heteroatoms. The second-order valence-electron chi connectivity index (χ2n) is 4.06. The SMILES string of the molecule is CN(C)CCc1c[nH]c2cc(I)ccc12. The number of aromatic nitrogens is 1. The summed E-state index contributed by atoms with van der Waals surface area (Å²) in [7, 11) is 4.22. The number of nitrogens with zero attached hydrogens (tertiary/aromatic N) is 1. The van der Waals surface area contributed by atoms with Gasteiger partial charge in [-0.3, -0.25) is 0 Å². The van der Waals surface area contributed by atoms with Crippen molar-refractivity contribution in [3.8, 4) is 0 Å². The van der Waals surface area contributed by atoms with Crippen LogP contribution in [0.2, 0.25) is 0 Å². The highest BCUT2D eigenvalue weighted by molar-refractivity contribution is 14.1. The van der Waals surface area contributed by atoms with Crippen LogP contribution in [0.4, 0.5) is 0 Å². The fourth-order valence-corrected chi connectivity index (χ4v) is 2.20. The van der Waals surface area contributed by atoms with Crippen LogP contribution in [0.3, 0.4) is 0 Å². The molecule has 1 aromatic heterocycles. The first kappa shape index (κ1) is 11.0. The Hall–Kier alpha value is -0.550. The molecule has 1 N–H and O–H groups in total. The molecule has 0 spiro atoms. The third-order valence-electron chi connectivity index (χ3n) is 2.56. The topological polar surface area (TPSA) is 19.0 Å². The number of hydrogen-bond acceptors (Lipinski definition) is 1. The van der Waals surface area contributed by atoms with Crippen LogP contribution in [0.15, 0.2) is 24.4 Å². The van der Waals surface area contributed by atoms with Crippen LogP contribution in [0, 0.1) is 3.57 Å². The van der Waals surface area contributed by atoms with E-state index in [1.165, 1.54) is 20.0 Å². The first-order chi connectivity index (χ1) is 7.16. The van der Waals surface area contributed by atoms with Gasteiger partial charge in [0.25, 0.3) is 0 Å². The summed E-state index contributed by atoms with van der Waals surface area (Å²) in [4.78, 5) is 5.54. The molecule has 0 saturated heterocycles. The third kappa shape index (κ3) is 2.52. The quantitative estimate of drug-likeness (QED) is 0.863. The second-order valence-corrected chi connectivity index (χ2v) is 5.30. The van der Waals surface area contributed by atoms with Crippen LogP contribution in [-0.2, 0) is 6.42 Å². The van der Waals surface area contributed by atoms with Gasteiger partial charge in [0, 0.05) is 27.2 Å². The molecular weight excluding hydrogens is 299 g/mol. The standard InChI is InChI=1S/C12H15IN2/c1-15(2)6-5-9-8-14-12-7-10(13)3-4-11(9)12/h3-4,7-8,14H,5-6H2,1-2H3. The molecule has 1 heterocycles. The van der Waals surface area contributed by atoms with E-state index >= 15 is 0 Å². The normalized spacial score (nSPS) is 11.5. The summed E-state index contributed by atoms with van der Waals surface area (Å²) >= 11 is 2.34. The highest BCUT2D eigenvalue weighted by Crippen LogP contribution is 2.20. The zero-order valence-electron chi connectivity index (χ0n) is 9.05. The molecule has 15 heavy (non-hydrogen) atoms. The average molecular weight is 314 g/mol. The van der Waals surface area contributed by atoms with E-state index in [-0.39, 0.29) is 0 Å². The maximum atomic E-state index is 3.33. The molecule has 0 aliphatic carbocycles. The van der Waals surface area contributed by atoms with Crippen molar-refractivity contribution in [3.05, 3.63) is 33.5 Å². The number of aromatic amines is 1. The molecule has 0 aliphatic rings. The van der Waals surface area contributed by atoms with Gasteiger partial charge in [-0.05, 0) is 60.8 Å². The van der Waals surface area contributed by atoms with E-state index in [2.05, 4.69) is 71.0 Å². The lowest BCUT2D eigenvalue weighted by molar-refractivity contribution is 0.414. The summed E-state index contributed by atoms with van der Waals surface area (Å²) in [6.07, 6.45) is 3.23. The molecule has 0 amide bonds. The maximum absolute atomic E-state index is 3.33. The van der Waals surface area contributed by atoms with E-state index < -0.39 is 0 Å². The Morgan fingerprint density at radius 2 is 2.13 bits per heavy atom. The first-order valence-corrected chi connectivity index (χ1v) is 6.15. The van der Waals surface area contributed by atoms with Gasteiger partial charge in [0.1, 0.15) is 0 Å². The van der Waals surface area contributed by atoms with Crippen molar-refractivity contribution < 1.29 is 0 Å². The van der Waals surface area contributed by atoms with Gasteiger partial charge < -0.3 is 9.88 Å². The van der Waals surface area contributed by atoms with E-state index in [1.807, 2.05) is 0 Å². The van der Waals surface area contributed by atoms with Crippen molar-refractivity contribution in [1.29, 1.82) is 0 Å². The zero-order valence-corrected chi connectivity index (χ0v) is 11.2. The van der Waals surface area contributed by atoms with E-state index in [9.17, 15) is 0 Å². The Balaban J connectivity index is 2.29. The van der Waals surface area contributed by atoms with Gasteiger partial charge in [-0.2, -0.15) is 0 Å². The molecule has 2 aromatic rings. The van der Waals surface area contributed by atoms with E-state index in [4.69, 9.17) is 0 Å². The number of likely N-dealkylation sites (N-methyl/N-ethyl adjacent to an activating group) is 1. The summed E-state index contributed by atoms with van der Waals surface area (Å²) in [6.45, 7) is 1.10. The Morgan fingerprint density at radius 3 is 2.87 bits per heavy atom. The lowest BCUT2D eigenvalue weighted by Crippen LogP contribution is -2.14. The van der Waals surface area contributed by atoms with Crippen molar-refractivity contribution in [2.75, 3.05) is 20.6 Å². The van der Waals surface area contributed by atoms with E-state index in [1.54, 1.807) is 0 Å². The monoisotopic (exact) mass is 314 g/mol. The van der Waals surface area contributed by atoms with Crippen molar-refractivity contribution in [1.82, 2.24) is 9.88 Å². The predicted octanol–water partition coefficient (Wildman–Crippen LogP) is 2.88. The van der Waals surface area contributed by atoms with Crippen LogP contribution in [0.5, 0.6) is 0 Å². The number of nitrogens with one attached hydrogen (secondary N) is 1. The summed E-state index contributed by atoms with van der Waals surface area (Å²) < 4.78 is 1.28. The number of halogens is 1. The lowest BCUT2D eigenvalue weighted by Gasteiger charge is -2.08. The fraction of sp³-hybridized carbons (Fsp3) is 0.333. The summed E-state index contributed by atoms with van der Waals surface area (Å²) in [5.74, 6) is 0. The molecule has 0 saturated carbocycles. The largest absolute Gasteiger partial charge is 0.361 e. The molecule has 0 fully saturated rings. The molecule has 0 bridgehead atoms. The van der Waals surface area contributed by atoms with Gasteiger partial charge in [0.05, 0.1) is 0 Å². The van der Waals surface area contributed by atoms with E-state index in [0.717, 1.165) is 13.0 Å². The molecule has 80 valence electrons. The molecule has 0 atom stereocenters. The van der Waals surface area contributed by atoms with Gasteiger partial charge in [-0.1, -0.05) is 6.07 Å². The first-order valence-electron chi connectivity index (χ1n) is 5.07. The minimum atomic E-state index is 1.10. The molecule has 0 unspecified atom stereocenters. The highest BCUT2D eigenvalue weighted by atomic mass is 127. The molecule has 1 aromatic carbocycles. The Kier molecular flexibility index (Phi) is 3.31. The third-order valence-corrected chi connectivity index (χ3v) is 3.23. The van der Waals surface area contributed by atoms with Crippen LogP contribution in [0.25, 0.3) is 10.9 Å². The number of fused-ring (bicyclic) bond motifs is 1. The Bertz CT molecular complexity index is 460. The van der Waals surface area contributed by atoms with Crippen LogP contribution >= 0.6 is 22.6 Å². The number of rotatable bonds is 3. The summed E-state index contributed by atoms with van der Waals surface area (Å²) in [5.41, 5.74) is 2.66. The second kappa shape index (κ2) is 4.53. The van der Waals surface area contributed by atoms with Crippen LogP contribution in [-0.4, -0.2) is 30.5 Å². The molecule has 2 nitrogen and oxygen atoms in total. The lowest BCUT2D eigenvalue weighted by atomic mass is 10.1. The van der Waals surface area contributed by atoms with E-state index in [0.29, 0.717) is 0 Å². The van der Waals surface area contributed by atoms with Gasteiger partial charge in [-0.15, -0.1) is 0 Å². The number of benzene rings is 1.